The van der Waals surface area contributed by atoms with Gasteiger partial charge in [0.25, 0.3) is 0 Å². The van der Waals surface area contributed by atoms with E-state index in [0.29, 0.717) is 6.61 Å². The molecule has 2 fully saturated rings. The first-order valence-corrected chi connectivity index (χ1v) is 7.06. The number of carboxylic acids is 1. The third-order valence-electron chi connectivity index (χ3n) is 3.84. The van der Waals surface area contributed by atoms with Gasteiger partial charge in [0, 0.05) is 19.6 Å². The average molecular weight is 299 g/mol. The highest BCUT2D eigenvalue weighted by molar-refractivity contribution is 5.89. The van der Waals surface area contributed by atoms with Gasteiger partial charge in [-0.2, -0.15) is 0 Å². The summed E-state index contributed by atoms with van der Waals surface area (Å²) >= 11 is 0. The summed E-state index contributed by atoms with van der Waals surface area (Å²) in [5.74, 6) is -1.32. The zero-order valence-corrected chi connectivity index (χ0v) is 12.2. The number of hydrogen-bond donors (Lipinski definition) is 2. The number of carbonyl (C=O) groups is 3. The van der Waals surface area contributed by atoms with Gasteiger partial charge in [0.15, 0.2) is 0 Å². The van der Waals surface area contributed by atoms with Crippen LogP contribution in [0.2, 0.25) is 0 Å². The maximum atomic E-state index is 12.4. The molecule has 2 N–H and O–H groups in total. The number of carboxylic acid groups (broad SMARTS) is 1. The van der Waals surface area contributed by atoms with Gasteiger partial charge in [0.05, 0.1) is 13.2 Å². The van der Waals surface area contributed by atoms with E-state index in [-0.39, 0.29) is 25.1 Å². The minimum Gasteiger partial charge on any atom is -0.480 e. The Morgan fingerprint density at radius 3 is 2.62 bits per heavy atom. The Bertz CT molecular complexity index is 438. The highest BCUT2D eigenvalue weighted by Gasteiger charge is 2.38. The number of hydrogen-bond acceptors (Lipinski definition) is 4. The van der Waals surface area contributed by atoms with Crippen molar-refractivity contribution in [2.45, 2.75) is 37.9 Å². The Hall–Kier alpha value is -1.83. The first kappa shape index (κ1) is 15.6. The van der Waals surface area contributed by atoms with Crippen molar-refractivity contribution < 1.29 is 24.2 Å². The summed E-state index contributed by atoms with van der Waals surface area (Å²) in [5.41, 5.74) is 0. The third-order valence-corrected chi connectivity index (χ3v) is 3.84. The molecule has 8 heteroatoms. The molecule has 1 saturated heterocycles. The quantitative estimate of drug-likeness (QED) is 0.728. The summed E-state index contributed by atoms with van der Waals surface area (Å²) in [6.07, 6.45) is 1.92. The molecule has 1 aliphatic heterocycles. The van der Waals surface area contributed by atoms with Gasteiger partial charge in [-0.3, -0.25) is 4.79 Å². The summed E-state index contributed by atoms with van der Waals surface area (Å²) in [7, 11) is 1.42. The smallest absolute Gasteiger partial charge is 0.326 e. The minimum atomic E-state index is -1.09. The number of morpholine rings is 1. The molecule has 3 amide bonds. The second-order valence-electron chi connectivity index (χ2n) is 5.47. The number of ether oxygens (including phenoxy) is 1. The van der Waals surface area contributed by atoms with Crippen LogP contribution in [0.1, 0.15) is 19.8 Å². The van der Waals surface area contributed by atoms with Gasteiger partial charge in [0.1, 0.15) is 12.1 Å². The molecular weight excluding hydrogens is 278 g/mol. The molecular formula is C13H21N3O5. The zero-order valence-electron chi connectivity index (χ0n) is 12.2. The van der Waals surface area contributed by atoms with E-state index < -0.39 is 24.1 Å². The molecule has 1 aliphatic carbocycles. The van der Waals surface area contributed by atoms with Crippen LogP contribution in [0.5, 0.6) is 0 Å². The van der Waals surface area contributed by atoms with Crippen molar-refractivity contribution in [3.05, 3.63) is 0 Å². The van der Waals surface area contributed by atoms with E-state index in [1.165, 1.54) is 18.9 Å². The summed E-state index contributed by atoms with van der Waals surface area (Å²) < 4.78 is 5.28. The molecule has 0 aromatic rings. The molecule has 2 rings (SSSR count). The van der Waals surface area contributed by atoms with Crippen molar-refractivity contribution in [3.8, 4) is 0 Å². The lowest BCUT2D eigenvalue weighted by Gasteiger charge is -2.37. The van der Waals surface area contributed by atoms with Gasteiger partial charge < -0.3 is 25.0 Å². The molecule has 21 heavy (non-hydrogen) atoms. The Kier molecular flexibility index (Phi) is 4.66. The predicted octanol–water partition coefficient (Wildman–Crippen LogP) is -0.509. The largest absolute Gasteiger partial charge is 0.480 e. The number of aliphatic carboxylic acids is 1. The predicted molar refractivity (Wildman–Crippen MR) is 72.7 cm³/mol. The van der Waals surface area contributed by atoms with Crippen LogP contribution in [-0.2, 0) is 14.3 Å². The lowest BCUT2D eigenvalue weighted by Crippen LogP contribution is -2.60. The lowest BCUT2D eigenvalue weighted by atomic mass is 10.2. The second-order valence-corrected chi connectivity index (χ2v) is 5.47. The highest BCUT2D eigenvalue weighted by atomic mass is 16.5. The first-order valence-electron chi connectivity index (χ1n) is 7.06. The van der Waals surface area contributed by atoms with Gasteiger partial charge in [-0.15, -0.1) is 0 Å². The van der Waals surface area contributed by atoms with E-state index in [4.69, 9.17) is 9.84 Å². The summed E-state index contributed by atoms with van der Waals surface area (Å²) in [6.45, 7) is 2.19. The fraction of sp³-hybridized carbons (Fsp3) is 0.769. The van der Waals surface area contributed by atoms with Gasteiger partial charge in [0.2, 0.25) is 5.91 Å². The Balaban J connectivity index is 2.04. The minimum absolute atomic E-state index is 0.138. The van der Waals surface area contributed by atoms with Crippen LogP contribution in [0.25, 0.3) is 0 Å². The molecule has 0 radical (unpaired) electrons. The second kappa shape index (κ2) is 6.30. The fourth-order valence-corrected chi connectivity index (χ4v) is 2.11. The first-order chi connectivity index (χ1) is 9.91. The zero-order chi connectivity index (χ0) is 15.6. The molecule has 1 saturated carbocycles. The Morgan fingerprint density at radius 1 is 1.38 bits per heavy atom. The van der Waals surface area contributed by atoms with Crippen molar-refractivity contribution in [3.63, 3.8) is 0 Å². The number of carbonyl (C=O) groups excluding carboxylic acids is 2. The monoisotopic (exact) mass is 299 g/mol. The average Bonchev–Trinajstić information content (AvgIpc) is 3.28. The molecule has 0 aromatic heterocycles. The van der Waals surface area contributed by atoms with Crippen LogP contribution in [0.15, 0.2) is 0 Å². The van der Waals surface area contributed by atoms with Crippen molar-refractivity contribution in [1.29, 1.82) is 0 Å². The fourth-order valence-electron chi connectivity index (χ4n) is 2.11. The lowest BCUT2D eigenvalue weighted by molar-refractivity contribution is -0.141. The van der Waals surface area contributed by atoms with E-state index in [1.807, 2.05) is 0 Å². The van der Waals surface area contributed by atoms with Gasteiger partial charge in [-0.1, -0.05) is 0 Å². The summed E-state index contributed by atoms with van der Waals surface area (Å²) in [5, 5.41) is 11.8. The number of likely N-dealkylation sites (N-methyl/N-ethyl adjacent to an activating group) is 1. The molecule has 0 bridgehead atoms. The van der Waals surface area contributed by atoms with Crippen LogP contribution < -0.4 is 5.32 Å². The number of rotatable bonds is 4. The van der Waals surface area contributed by atoms with Crippen molar-refractivity contribution in [1.82, 2.24) is 15.1 Å². The van der Waals surface area contributed by atoms with Crippen molar-refractivity contribution >= 4 is 17.9 Å². The molecule has 2 unspecified atom stereocenters. The number of amides is 3. The van der Waals surface area contributed by atoms with E-state index in [1.54, 1.807) is 0 Å². The molecule has 2 atom stereocenters. The van der Waals surface area contributed by atoms with Gasteiger partial charge in [-0.25, -0.2) is 9.59 Å². The molecule has 2 aliphatic rings. The van der Waals surface area contributed by atoms with Crippen molar-refractivity contribution in [2.24, 2.45) is 0 Å². The summed E-state index contributed by atoms with van der Waals surface area (Å²) in [4.78, 5) is 38.1. The van der Waals surface area contributed by atoms with Crippen LogP contribution in [0.3, 0.4) is 0 Å². The normalized spacial score (nSPS) is 23.3. The van der Waals surface area contributed by atoms with Crippen LogP contribution in [0.4, 0.5) is 4.79 Å². The number of urea groups is 1. The topological polar surface area (TPSA) is 99.2 Å². The molecule has 1 heterocycles. The maximum absolute atomic E-state index is 12.4. The van der Waals surface area contributed by atoms with E-state index in [2.05, 4.69) is 5.32 Å². The van der Waals surface area contributed by atoms with E-state index >= 15 is 0 Å². The number of nitrogens with one attached hydrogen (secondary N) is 1. The third kappa shape index (κ3) is 3.63. The molecule has 118 valence electrons. The Labute approximate surface area is 123 Å². The van der Waals surface area contributed by atoms with Gasteiger partial charge in [-0.05, 0) is 19.8 Å². The maximum Gasteiger partial charge on any atom is 0.326 e. The molecule has 8 nitrogen and oxygen atoms in total. The Morgan fingerprint density at radius 2 is 2.05 bits per heavy atom. The standard InChI is InChI=1S/C13H21N3O5/c1-8(12(18)19)15(2)13(20)16-5-6-21-7-10(16)11(17)14-9-3-4-9/h8-10H,3-7H2,1-2H3,(H,14,17)(H,18,19). The van der Waals surface area contributed by atoms with E-state index in [0.717, 1.165) is 17.7 Å². The van der Waals surface area contributed by atoms with Crippen LogP contribution in [0, 0.1) is 0 Å². The van der Waals surface area contributed by atoms with Crippen molar-refractivity contribution in [2.75, 3.05) is 26.8 Å². The van der Waals surface area contributed by atoms with Gasteiger partial charge >= 0.3 is 12.0 Å². The molecule has 0 spiro atoms. The molecule has 0 aromatic carbocycles. The number of nitrogens with zero attached hydrogens (tertiary/aromatic N) is 2. The summed E-state index contributed by atoms with van der Waals surface area (Å²) in [6, 6.07) is -1.92. The highest BCUT2D eigenvalue weighted by Crippen LogP contribution is 2.20. The SMILES string of the molecule is CC(C(=O)O)N(C)C(=O)N1CCOCC1C(=O)NC1CC1. The van der Waals surface area contributed by atoms with Crippen LogP contribution in [-0.4, -0.2) is 77.7 Å². The van der Waals surface area contributed by atoms with E-state index in [9.17, 15) is 14.4 Å². The van der Waals surface area contributed by atoms with Crippen LogP contribution >= 0.6 is 0 Å².